The van der Waals surface area contributed by atoms with E-state index < -0.39 is 23.1 Å². The van der Waals surface area contributed by atoms with Crippen LogP contribution in [0.3, 0.4) is 0 Å². The quantitative estimate of drug-likeness (QED) is 0.674. The van der Waals surface area contributed by atoms with E-state index in [2.05, 4.69) is 10.3 Å². The predicted octanol–water partition coefficient (Wildman–Crippen LogP) is 3.12. The van der Waals surface area contributed by atoms with Gasteiger partial charge in [0.05, 0.1) is 26.8 Å². The number of halogens is 2. The van der Waals surface area contributed by atoms with Gasteiger partial charge in [-0.05, 0) is 24.5 Å². The molecule has 0 fully saturated rings. The average Bonchev–Trinajstić information content (AvgIpc) is 2.63. The van der Waals surface area contributed by atoms with Gasteiger partial charge in [-0.1, -0.05) is 53.5 Å². The van der Waals surface area contributed by atoms with Crippen molar-refractivity contribution in [3.63, 3.8) is 0 Å². The van der Waals surface area contributed by atoms with Crippen molar-refractivity contribution in [1.29, 1.82) is 0 Å². The third-order valence-electron chi connectivity index (χ3n) is 4.51. The number of aromatic amines is 1. The Hall–Kier alpha value is -2.57. The third kappa shape index (κ3) is 2.62. The molecule has 1 aliphatic rings. The molecule has 0 bridgehead atoms. The van der Waals surface area contributed by atoms with E-state index in [0.29, 0.717) is 23.9 Å². The summed E-state index contributed by atoms with van der Waals surface area (Å²) in [6.07, 6.45) is 0.949. The van der Waals surface area contributed by atoms with Crippen LogP contribution < -0.4 is 16.4 Å². The Kier molecular flexibility index (Phi) is 4.09. The molecule has 0 radical (unpaired) electrons. The second-order valence-corrected chi connectivity index (χ2v) is 6.89. The van der Waals surface area contributed by atoms with E-state index in [-0.39, 0.29) is 15.7 Å². The number of carbonyl (C=O) groups is 1. The monoisotopic (exact) mass is 389 g/mol. The summed E-state index contributed by atoms with van der Waals surface area (Å²) in [5.74, 6) is -0.397. The second kappa shape index (κ2) is 6.30. The Labute approximate surface area is 157 Å². The fraction of sp³-hybridized carbons (Fsp3) is 0.167. The zero-order valence-corrected chi connectivity index (χ0v) is 14.9. The molecule has 1 amide bonds. The van der Waals surface area contributed by atoms with Crippen LogP contribution in [0.1, 0.15) is 18.0 Å². The van der Waals surface area contributed by atoms with Gasteiger partial charge in [-0.25, -0.2) is 0 Å². The molecule has 2 aromatic carbocycles. The van der Waals surface area contributed by atoms with Crippen molar-refractivity contribution in [2.75, 3.05) is 5.32 Å². The molecule has 0 aliphatic carbocycles. The Bertz CT molecular complexity index is 1150. The fourth-order valence-electron chi connectivity index (χ4n) is 3.29. The lowest BCUT2D eigenvalue weighted by molar-refractivity contribution is -0.119. The minimum atomic E-state index is -0.808. The molecule has 2 N–H and O–H groups in total. The molecule has 0 spiro atoms. The Balaban J connectivity index is 1.90. The number of aryl methyl sites for hydroxylation is 1. The van der Waals surface area contributed by atoms with Crippen LogP contribution in [0.2, 0.25) is 10.0 Å². The first-order chi connectivity index (χ1) is 12.5. The summed E-state index contributed by atoms with van der Waals surface area (Å²) in [4.78, 5) is 39.8. The van der Waals surface area contributed by atoms with E-state index in [1.807, 2.05) is 30.3 Å². The molecule has 3 aromatic rings. The first-order valence-corrected chi connectivity index (χ1v) is 8.74. The normalized spacial score (nSPS) is 15.9. The topological polar surface area (TPSA) is 84.0 Å². The van der Waals surface area contributed by atoms with Gasteiger partial charge in [0.1, 0.15) is 6.04 Å². The number of benzene rings is 2. The Morgan fingerprint density at radius 3 is 2.54 bits per heavy atom. The molecular weight excluding hydrogens is 377 g/mol. The minimum Gasteiger partial charge on any atom is -0.321 e. The lowest BCUT2D eigenvalue weighted by Crippen LogP contribution is -2.44. The number of rotatable bonds is 3. The maximum Gasteiger partial charge on any atom is 0.317 e. The number of nitrogens with one attached hydrogen (secondary N) is 2. The van der Waals surface area contributed by atoms with Crippen LogP contribution in [-0.4, -0.2) is 15.5 Å². The summed E-state index contributed by atoms with van der Waals surface area (Å²) in [5, 5.41) is 3.04. The molecule has 2 heterocycles. The van der Waals surface area contributed by atoms with E-state index in [1.165, 1.54) is 10.6 Å². The van der Waals surface area contributed by atoms with Crippen LogP contribution in [0.5, 0.6) is 0 Å². The largest absolute Gasteiger partial charge is 0.321 e. The average molecular weight is 390 g/mol. The highest BCUT2D eigenvalue weighted by Gasteiger charge is 2.32. The molecule has 1 aliphatic heterocycles. The van der Waals surface area contributed by atoms with Crippen LogP contribution in [0.15, 0.2) is 46.0 Å². The van der Waals surface area contributed by atoms with E-state index in [1.54, 1.807) is 0 Å². The number of H-pyrrole nitrogens is 1. The molecule has 6 nitrogen and oxygen atoms in total. The van der Waals surface area contributed by atoms with Gasteiger partial charge in [-0.15, -0.1) is 0 Å². The predicted molar refractivity (Wildman–Crippen MR) is 101 cm³/mol. The van der Waals surface area contributed by atoms with Gasteiger partial charge < -0.3 is 10.3 Å². The van der Waals surface area contributed by atoms with E-state index in [9.17, 15) is 14.4 Å². The van der Waals surface area contributed by atoms with Crippen LogP contribution in [-0.2, 0) is 11.2 Å². The van der Waals surface area contributed by atoms with E-state index in [0.717, 1.165) is 5.56 Å². The Morgan fingerprint density at radius 1 is 1.08 bits per heavy atom. The smallest absolute Gasteiger partial charge is 0.317 e. The van der Waals surface area contributed by atoms with Crippen molar-refractivity contribution in [3.05, 3.63) is 72.7 Å². The molecule has 132 valence electrons. The number of carbonyl (C=O) groups excluding carboxylic acids is 1. The molecular formula is C18H13Cl2N3O3. The van der Waals surface area contributed by atoms with Crippen molar-refractivity contribution in [2.45, 2.75) is 18.9 Å². The first-order valence-electron chi connectivity index (χ1n) is 7.98. The van der Waals surface area contributed by atoms with Gasteiger partial charge in [-0.2, -0.15) is 0 Å². The van der Waals surface area contributed by atoms with Gasteiger partial charge in [0.15, 0.2) is 0 Å². The number of hydrogen-bond acceptors (Lipinski definition) is 3. The van der Waals surface area contributed by atoms with Gasteiger partial charge in [0.2, 0.25) is 5.91 Å². The minimum absolute atomic E-state index is 0.134. The second-order valence-electron chi connectivity index (χ2n) is 6.10. The molecule has 26 heavy (non-hydrogen) atoms. The summed E-state index contributed by atoms with van der Waals surface area (Å²) in [6.45, 7) is 0. The van der Waals surface area contributed by atoms with Gasteiger partial charge in [-0.3, -0.25) is 19.0 Å². The number of anilines is 1. The van der Waals surface area contributed by atoms with Crippen molar-refractivity contribution in [2.24, 2.45) is 0 Å². The fourth-order valence-corrected chi connectivity index (χ4v) is 3.69. The summed E-state index contributed by atoms with van der Waals surface area (Å²) in [7, 11) is 0. The van der Waals surface area contributed by atoms with Crippen molar-refractivity contribution >= 4 is 45.8 Å². The number of aromatic nitrogens is 2. The molecule has 8 heteroatoms. The van der Waals surface area contributed by atoms with Crippen molar-refractivity contribution in [1.82, 2.24) is 9.55 Å². The highest BCUT2D eigenvalue weighted by atomic mass is 35.5. The molecule has 1 aromatic heterocycles. The standard InChI is InChI=1S/C18H13Cl2N3O3/c19-10-8-11-15-14(13(10)20)22-16(24)12(23(15)18(26)17(25)21-11)7-6-9-4-2-1-3-5-9/h1-5,8,12H,6-7H2,(H,21,25)(H,22,24). The number of hydrogen-bond donors (Lipinski definition) is 2. The lowest BCUT2D eigenvalue weighted by Gasteiger charge is -2.28. The van der Waals surface area contributed by atoms with Crippen LogP contribution >= 0.6 is 23.2 Å². The van der Waals surface area contributed by atoms with Crippen molar-refractivity contribution < 1.29 is 4.79 Å². The number of nitrogens with zero attached hydrogens (tertiary/aromatic N) is 1. The molecule has 1 unspecified atom stereocenters. The van der Waals surface area contributed by atoms with E-state index >= 15 is 0 Å². The van der Waals surface area contributed by atoms with Crippen LogP contribution in [0.25, 0.3) is 11.0 Å². The molecule has 4 rings (SSSR count). The third-order valence-corrected chi connectivity index (χ3v) is 5.29. The zero-order valence-electron chi connectivity index (χ0n) is 13.4. The Morgan fingerprint density at radius 2 is 1.81 bits per heavy atom. The SMILES string of the molecule is O=C1Nc2c(Cl)c(Cl)cc3[nH]c(=O)c(=O)n(c23)C1CCc1ccccc1. The molecule has 1 atom stereocenters. The molecule has 0 saturated heterocycles. The van der Waals surface area contributed by atoms with E-state index in [4.69, 9.17) is 23.2 Å². The summed E-state index contributed by atoms with van der Waals surface area (Å²) >= 11 is 12.3. The number of amides is 1. The maximum atomic E-state index is 12.7. The van der Waals surface area contributed by atoms with Crippen LogP contribution in [0, 0.1) is 0 Å². The van der Waals surface area contributed by atoms with Gasteiger partial charge >= 0.3 is 11.1 Å². The molecule has 0 saturated carbocycles. The lowest BCUT2D eigenvalue weighted by atomic mass is 10.0. The summed E-state index contributed by atoms with van der Waals surface area (Å²) < 4.78 is 1.23. The summed E-state index contributed by atoms with van der Waals surface area (Å²) in [6, 6.07) is 10.3. The van der Waals surface area contributed by atoms with Gasteiger partial charge in [0, 0.05) is 0 Å². The first kappa shape index (κ1) is 16.9. The van der Waals surface area contributed by atoms with Gasteiger partial charge in [0.25, 0.3) is 0 Å². The highest BCUT2D eigenvalue weighted by Crippen LogP contribution is 2.39. The zero-order chi connectivity index (χ0) is 18.4. The maximum absolute atomic E-state index is 12.7. The summed E-state index contributed by atoms with van der Waals surface area (Å²) in [5.41, 5.74) is 0.412. The highest BCUT2D eigenvalue weighted by molar-refractivity contribution is 6.45. The van der Waals surface area contributed by atoms with Crippen molar-refractivity contribution in [3.8, 4) is 0 Å². The van der Waals surface area contributed by atoms with Crippen LogP contribution in [0.4, 0.5) is 5.69 Å².